The standard InChI is InChI=1S/C15H10F2N4O2S/c16-14(17)21-10-5-2-1-4-9(10)18-12(21)8-24-15-20-19-13(23-15)11-6-3-7-22-11/h1-7,14H,8H2. The third-order valence-corrected chi connectivity index (χ3v) is 4.14. The predicted molar refractivity (Wildman–Crippen MR) is 82.5 cm³/mol. The minimum atomic E-state index is -2.67. The number of aromatic nitrogens is 4. The summed E-state index contributed by atoms with van der Waals surface area (Å²) in [5.74, 6) is 1.12. The molecule has 0 aliphatic carbocycles. The second-order valence-corrected chi connectivity index (χ2v) is 5.73. The highest BCUT2D eigenvalue weighted by molar-refractivity contribution is 7.98. The molecule has 0 amide bonds. The molecule has 24 heavy (non-hydrogen) atoms. The highest BCUT2D eigenvalue weighted by atomic mass is 32.2. The molecule has 0 atom stereocenters. The van der Waals surface area contributed by atoms with Crippen molar-refractivity contribution in [2.24, 2.45) is 0 Å². The molecule has 0 spiro atoms. The summed E-state index contributed by atoms with van der Waals surface area (Å²) in [6.45, 7) is -2.67. The van der Waals surface area contributed by atoms with E-state index in [2.05, 4.69) is 15.2 Å². The van der Waals surface area contributed by atoms with Crippen molar-refractivity contribution in [1.29, 1.82) is 0 Å². The Balaban J connectivity index is 1.58. The van der Waals surface area contributed by atoms with Crippen LogP contribution in [0, 0.1) is 0 Å². The van der Waals surface area contributed by atoms with Crippen molar-refractivity contribution in [3.63, 3.8) is 0 Å². The number of imidazole rings is 1. The van der Waals surface area contributed by atoms with E-state index in [1.165, 1.54) is 6.26 Å². The number of hydrogen-bond donors (Lipinski definition) is 0. The maximum Gasteiger partial charge on any atom is 0.320 e. The van der Waals surface area contributed by atoms with Gasteiger partial charge in [0.1, 0.15) is 5.82 Å². The first-order chi connectivity index (χ1) is 11.7. The van der Waals surface area contributed by atoms with Gasteiger partial charge in [-0.25, -0.2) is 4.98 Å². The fraction of sp³-hybridized carbons (Fsp3) is 0.133. The summed E-state index contributed by atoms with van der Waals surface area (Å²) in [6.07, 6.45) is 1.50. The number of furan rings is 1. The van der Waals surface area contributed by atoms with Gasteiger partial charge in [-0.2, -0.15) is 8.78 Å². The Morgan fingerprint density at radius 2 is 2.00 bits per heavy atom. The minimum absolute atomic E-state index is 0.179. The van der Waals surface area contributed by atoms with E-state index in [9.17, 15) is 8.78 Å². The average Bonchev–Trinajstić information content (AvgIpc) is 3.30. The van der Waals surface area contributed by atoms with Gasteiger partial charge in [0.15, 0.2) is 5.76 Å². The normalized spacial score (nSPS) is 11.6. The van der Waals surface area contributed by atoms with Crippen molar-refractivity contribution in [2.75, 3.05) is 0 Å². The van der Waals surface area contributed by atoms with Crippen molar-refractivity contribution < 1.29 is 17.6 Å². The van der Waals surface area contributed by atoms with Crippen LogP contribution in [0.5, 0.6) is 0 Å². The quantitative estimate of drug-likeness (QED) is 0.499. The lowest BCUT2D eigenvalue weighted by atomic mass is 10.3. The number of rotatable bonds is 5. The van der Waals surface area contributed by atoms with E-state index in [4.69, 9.17) is 8.83 Å². The zero-order valence-corrected chi connectivity index (χ0v) is 12.9. The highest BCUT2D eigenvalue weighted by Crippen LogP contribution is 2.29. The van der Waals surface area contributed by atoms with Crippen LogP contribution in [0.3, 0.4) is 0 Å². The molecular weight excluding hydrogens is 338 g/mol. The number of para-hydroxylation sites is 2. The van der Waals surface area contributed by atoms with Crippen molar-refractivity contribution in [2.45, 2.75) is 17.5 Å². The molecule has 0 aliphatic heterocycles. The van der Waals surface area contributed by atoms with E-state index < -0.39 is 6.55 Å². The van der Waals surface area contributed by atoms with Crippen LogP contribution in [0.2, 0.25) is 0 Å². The van der Waals surface area contributed by atoms with Crippen LogP contribution in [0.25, 0.3) is 22.7 Å². The van der Waals surface area contributed by atoms with Crippen LogP contribution in [0.15, 0.2) is 56.7 Å². The van der Waals surface area contributed by atoms with E-state index in [-0.39, 0.29) is 22.7 Å². The van der Waals surface area contributed by atoms with Crippen LogP contribution in [0.4, 0.5) is 8.78 Å². The Hall–Kier alpha value is -2.68. The molecule has 0 fully saturated rings. The van der Waals surface area contributed by atoms with Gasteiger partial charge in [-0.05, 0) is 24.3 Å². The third-order valence-electron chi connectivity index (χ3n) is 3.33. The summed E-state index contributed by atoms with van der Waals surface area (Å²) in [5, 5.41) is 8.00. The van der Waals surface area contributed by atoms with Crippen LogP contribution >= 0.6 is 11.8 Å². The molecule has 0 bridgehead atoms. The van der Waals surface area contributed by atoms with Crippen molar-refractivity contribution in [1.82, 2.24) is 19.7 Å². The molecule has 3 aromatic heterocycles. The number of halogens is 2. The van der Waals surface area contributed by atoms with E-state index in [0.29, 0.717) is 16.8 Å². The van der Waals surface area contributed by atoms with Crippen molar-refractivity contribution in [3.05, 3.63) is 48.5 Å². The second-order valence-electron chi connectivity index (χ2n) is 4.80. The summed E-state index contributed by atoms with van der Waals surface area (Å²) in [6, 6.07) is 10.2. The zero-order valence-electron chi connectivity index (χ0n) is 12.1. The minimum Gasteiger partial charge on any atom is -0.459 e. The van der Waals surface area contributed by atoms with E-state index in [0.717, 1.165) is 16.3 Å². The van der Waals surface area contributed by atoms with Gasteiger partial charge in [-0.1, -0.05) is 23.9 Å². The van der Waals surface area contributed by atoms with Gasteiger partial charge >= 0.3 is 6.55 Å². The second kappa shape index (κ2) is 6.08. The highest BCUT2D eigenvalue weighted by Gasteiger charge is 2.19. The van der Waals surface area contributed by atoms with E-state index in [1.807, 2.05) is 0 Å². The fourth-order valence-electron chi connectivity index (χ4n) is 2.31. The Bertz CT molecular complexity index is 965. The SMILES string of the molecule is FC(F)n1c(CSc2nnc(-c3ccco3)o2)nc2ccccc21. The molecule has 0 saturated heterocycles. The van der Waals surface area contributed by atoms with Crippen LogP contribution in [-0.4, -0.2) is 19.7 Å². The number of thioether (sulfide) groups is 1. The van der Waals surface area contributed by atoms with Gasteiger partial charge < -0.3 is 8.83 Å². The van der Waals surface area contributed by atoms with Crippen LogP contribution < -0.4 is 0 Å². The predicted octanol–water partition coefficient (Wildman–Crippen LogP) is 4.37. The van der Waals surface area contributed by atoms with Crippen LogP contribution in [-0.2, 0) is 5.75 Å². The molecule has 0 N–H and O–H groups in total. The molecule has 1 aromatic carbocycles. The molecule has 0 radical (unpaired) electrons. The molecule has 0 aliphatic rings. The summed E-state index contributed by atoms with van der Waals surface area (Å²) >= 11 is 1.14. The van der Waals surface area contributed by atoms with Gasteiger partial charge in [0, 0.05) is 0 Å². The first kappa shape index (κ1) is 14.9. The Kier molecular flexibility index (Phi) is 3.77. The van der Waals surface area contributed by atoms with E-state index in [1.54, 1.807) is 36.4 Å². The Morgan fingerprint density at radius 1 is 1.12 bits per heavy atom. The molecule has 6 nitrogen and oxygen atoms in total. The smallest absolute Gasteiger partial charge is 0.320 e. The maximum absolute atomic E-state index is 13.4. The van der Waals surface area contributed by atoms with Crippen molar-refractivity contribution in [3.8, 4) is 11.7 Å². The summed E-state index contributed by atoms with van der Waals surface area (Å²) in [4.78, 5) is 4.26. The number of fused-ring (bicyclic) bond motifs is 1. The average molecular weight is 348 g/mol. The van der Waals surface area contributed by atoms with Gasteiger partial charge in [-0.3, -0.25) is 4.57 Å². The lowest BCUT2D eigenvalue weighted by Gasteiger charge is -2.06. The molecule has 4 aromatic rings. The Morgan fingerprint density at radius 3 is 2.79 bits per heavy atom. The molecular formula is C15H10F2N4O2S. The summed E-state index contributed by atoms with van der Waals surface area (Å²) in [7, 11) is 0. The van der Waals surface area contributed by atoms with E-state index >= 15 is 0 Å². The van der Waals surface area contributed by atoms with Gasteiger partial charge in [-0.15, -0.1) is 10.2 Å². The van der Waals surface area contributed by atoms with Crippen LogP contribution in [0.1, 0.15) is 12.4 Å². The number of nitrogens with zero attached hydrogens (tertiary/aromatic N) is 4. The summed E-state index contributed by atoms with van der Waals surface area (Å²) in [5.41, 5.74) is 0.917. The largest absolute Gasteiger partial charge is 0.459 e. The van der Waals surface area contributed by atoms with Gasteiger partial charge in [0.2, 0.25) is 0 Å². The molecule has 3 heterocycles. The molecule has 9 heteroatoms. The molecule has 4 rings (SSSR count). The van der Waals surface area contributed by atoms with Gasteiger partial charge in [0.25, 0.3) is 11.1 Å². The number of alkyl halides is 2. The third kappa shape index (κ3) is 2.67. The maximum atomic E-state index is 13.4. The molecule has 122 valence electrons. The Labute approximate surface area is 138 Å². The van der Waals surface area contributed by atoms with Crippen molar-refractivity contribution >= 4 is 22.8 Å². The molecule has 0 saturated carbocycles. The lowest BCUT2D eigenvalue weighted by molar-refractivity contribution is 0.0722. The monoisotopic (exact) mass is 348 g/mol. The number of hydrogen-bond acceptors (Lipinski definition) is 6. The van der Waals surface area contributed by atoms with Gasteiger partial charge in [0.05, 0.1) is 23.0 Å². The zero-order chi connectivity index (χ0) is 16.5. The first-order valence-corrected chi connectivity index (χ1v) is 7.95. The first-order valence-electron chi connectivity index (χ1n) is 6.96. The topological polar surface area (TPSA) is 69.9 Å². The fourth-order valence-corrected chi connectivity index (χ4v) is 3.00. The number of benzene rings is 1. The lowest BCUT2D eigenvalue weighted by Crippen LogP contribution is -2.03. The summed E-state index contributed by atoms with van der Waals surface area (Å²) < 4.78 is 38.2. The molecule has 0 unspecified atom stereocenters.